The molecule has 1 amide bonds. The normalized spacial score (nSPS) is 11.2. The summed E-state index contributed by atoms with van der Waals surface area (Å²) in [5.74, 6) is -0.442. The summed E-state index contributed by atoms with van der Waals surface area (Å²) in [4.78, 5) is 29.4. The molecule has 0 spiro atoms. The largest absolute Gasteiger partial charge is 0.319 e. The van der Waals surface area contributed by atoms with E-state index in [1.54, 1.807) is 12.1 Å². The summed E-state index contributed by atoms with van der Waals surface area (Å²) in [6.07, 6.45) is 1.53. The average Bonchev–Trinajstić information content (AvgIpc) is 2.64. The number of amides is 1. The molecule has 0 radical (unpaired) electrons. The molecule has 0 bridgehead atoms. The number of carbonyl (C=O) groups excluding carboxylic acids is 1. The molecule has 3 aromatic rings. The Labute approximate surface area is 151 Å². The number of hydrogen-bond donors (Lipinski definition) is 1. The zero-order valence-electron chi connectivity index (χ0n) is 14.6. The van der Waals surface area contributed by atoms with Gasteiger partial charge in [-0.3, -0.25) is 14.2 Å². The number of nitrogens with zero attached hydrogens (tertiary/aromatic N) is 2. The number of benzene rings is 2. The fourth-order valence-corrected chi connectivity index (χ4v) is 2.38. The molecule has 0 aliphatic carbocycles. The zero-order valence-corrected chi connectivity index (χ0v) is 14.6. The molecule has 2 aromatic carbocycles. The van der Waals surface area contributed by atoms with Gasteiger partial charge in [-0.1, -0.05) is 41.5 Å². The van der Waals surface area contributed by atoms with Gasteiger partial charge >= 0.3 is 0 Å². The Morgan fingerprint density at radius 1 is 0.885 bits per heavy atom. The first-order valence-electron chi connectivity index (χ1n) is 8.24. The van der Waals surface area contributed by atoms with Crippen LogP contribution in [0.3, 0.4) is 0 Å². The Morgan fingerprint density at radius 3 is 2.12 bits per heavy atom. The Bertz CT molecular complexity index is 1000. The SMILES string of the molecule is Cc1ccc(N=C(C(=O)Nc2ccc(C)cc2)n2ccccc2=O)cc1. The number of hydrogen-bond acceptors (Lipinski definition) is 3. The minimum absolute atomic E-state index is 0.0139. The lowest BCUT2D eigenvalue weighted by Gasteiger charge is -2.10. The minimum Gasteiger partial charge on any atom is -0.319 e. The number of rotatable bonds is 2. The number of aryl methyl sites for hydroxylation is 2. The summed E-state index contributed by atoms with van der Waals surface area (Å²) in [5, 5.41) is 2.80. The van der Waals surface area contributed by atoms with Crippen LogP contribution < -0.4 is 10.9 Å². The molecule has 5 heteroatoms. The van der Waals surface area contributed by atoms with Gasteiger partial charge in [-0.25, -0.2) is 4.99 Å². The Morgan fingerprint density at radius 2 is 1.50 bits per heavy atom. The second kappa shape index (κ2) is 7.61. The number of anilines is 1. The van der Waals surface area contributed by atoms with Crippen molar-refractivity contribution < 1.29 is 4.79 Å². The van der Waals surface area contributed by atoms with E-state index in [0.29, 0.717) is 11.4 Å². The first-order valence-corrected chi connectivity index (χ1v) is 8.24. The Kier molecular flexibility index (Phi) is 5.08. The van der Waals surface area contributed by atoms with Crippen LogP contribution in [0, 0.1) is 13.8 Å². The maximum atomic E-state index is 12.8. The zero-order chi connectivity index (χ0) is 18.5. The summed E-state index contributed by atoms with van der Waals surface area (Å²) in [6.45, 7) is 3.94. The lowest BCUT2D eigenvalue weighted by atomic mass is 10.2. The van der Waals surface area contributed by atoms with Crippen LogP contribution in [-0.4, -0.2) is 16.3 Å². The maximum Gasteiger partial charge on any atom is 0.292 e. The summed E-state index contributed by atoms with van der Waals surface area (Å²) >= 11 is 0. The fraction of sp³-hybridized carbons (Fsp3) is 0.0952. The highest BCUT2D eigenvalue weighted by atomic mass is 16.2. The van der Waals surface area contributed by atoms with Gasteiger partial charge in [0.2, 0.25) is 5.84 Å². The lowest BCUT2D eigenvalue weighted by molar-refractivity contribution is -0.110. The lowest BCUT2D eigenvalue weighted by Crippen LogP contribution is -2.35. The van der Waals surface area contributed by atoms with Crippen molar-refractivity contribution in [2.45, 2.75) is 13.8 Å². The Hall–Kier alpha value is -3.47. The highest BCUT2D eigenvalue weighted by Gasteiger charge is 2.15. The van der Waals surface area contributed by atoms with E-state index in [1.165, 1.54) is 16.8 Å². The van der Waals surface area contributed by atoms with Crippen LogP contribution in [0.2, 0.25) is 0 Å². The van der Waals surface area contributed by atoms with E-state index in [2.05, 4.69) is 10.3 Å². The molecule has 5 nitrogen and oxygen atoms in total. The van der Waals surface area contributed by atoms with Gasteiger partial charge in [0.25, 0.3) is 11.5 Å². The molecular formula is C21H19N3O2. The van der Waals surface area contributed by atoms with E-state index in [0.717, 1.165) is 11.1 Å². The van der Waals surface area contributed by atoms with E-state index in [9.17, 15) is 9.59 Å². The van der Waals surface area contributed by atoms with Crippen molar-refractivity contribution in [1.29, 1.82) is 0 Å². The van der Waals surface area contributed by atoms with Gasteiger partial charge in [0.1, 0.15) is 0 Å². The van der Waals surface area contributed by atoms with E-state index >= 15 is 0 Å². The van der Waals surface area contributed by atoms with Crippen molar-refractivity contribution >= 4 is 23.1 Å². The van der Waals surface area contributed by atoms with Crippen molar-refractivity contribution in [3.63, 3.8) is 0 Å². The molecule has 0 unspecified atom stereocenters. The van der Waals surface area contributed by atoms with Crippen molar-refractivity contribution in [3.8, 4) is 0 Å². The van der Waals surface area contributed by atoms with Gasteiger partial charge < -0.3 is 5.32 Å². The molecule has 1 aromatic heterocycles. The summed E-state index contributed by atoms with van der Waals surface area (Å²) < 4.78 is 1.24. The third-order valence-corrected chi connectivity index (χ3v) is 3.83. The number of carbonyl (C=O) groups is 1. The fourth-order valence-electron chi connectivity index (χ4n) is 2.38. The molecule has 1 heterocycles. The first-order chi connectivity index (χ1) is 12.5. The van der Waals surface area contributed by atoms with Gasteiger partial charge in [-0.2, -0.15) is 0 Å². The standard InChI is InChI=1S/C21H19N3O2/c1-15-6-10-17(11-7-15)22-20(24-14-4-3-5-19(24)25)21(26)23-18-12-8-16(2)9-13-18/h3-14H,1-2H3,(H,23,26). The van der Waals surface area contributed by atoms with Gasteiger partial charge in [-0.15, -0.1) is 0 Å². The van der Waals surface area contributed by atoms with E-state index in [4.69, 9.17) is 0 Å². The van der Waals surface area contributed by atoms with Crippen molar-refractivity contribution in [3.05, 3.63) is 94.4 Å². The van der Waals surface area contributed by atoms with E-state index in [-0.39, 0.29) is 11.4 Å². The molecular weight excluding hydrogens is 326 g/mol. The predicted molar refractivity (Wildman–Crippen MR) is 104 cm³/mol. The van der Waals surface area contributed by atoms with Crippen molar-refractivity contribution in [2.24, 2.45) is 4.99 Å². The Balaban J connectivity index is 2.01. The molecule has 26 heavy (non-hydrogen) atoms. The predicted octanol–water partition coefficient (Wildman–Crippen LogP) is 3.68. The molecule has 0 fully saturated rings. The molecule has 130 valence electrons. The second-order valence-corrected chi connectivity index (χ2v) is 6.00. The molecule has 3 rings (SSSR count). The average molecular weight is 345 g/mol. The minimum atomic E-state index is -0.456. The summed E-state index contributed by atoms with van der Waals surface area (Å²) in [5.41, 5.74) is 3.10. The van der Waals surface area contributed by atoms with Gasteiger partial charge in [0.05, 0.1) is 5.69 Å². The van der Waals surface area contributed by atoms with Crippen LogP contribution in [0.25, 0.3) is 0 Å². The summed E-state index contributed by atoms with van der Waals surface area (Å²) in [7, 11) is 0. The van der Waals surface area contributed by atoms with E-state index in [1.807, 2.05) is 62.4 Å². The monoisotopic (exact) mass is 345 g/mol. The third-order valence-electron chi connectivity index (χ3n) is 3.83. The van der Waals surface area contributed by atoms with E-state index < -0.39 is 5.91 Å². The van der Waals surface area contributed by atoms with Crippen LogP contribution in [0.4, 0.5) is 11.4 Å². The van der Waals surface area contributed by atoms with Gasteiger partial charge in [0.15, 0.2) is 0 Å². The second-order valence-electron chi connectivity index (χ2n) is 6.00. The van der Waals surface area contributed by atoms with Crippen molar-refractivity contribution in [2.75, 3.05) is 5.32 Å². The number of pyridine rings is 1. The number of aromatic nitrogens is 1. The molecule has 0 aliphatic rings. The smallest absolute Gasteiger partial charge is 0.292 e. The highest BCUT2D eigenvalue weighted by molar-refractivity contribution is 6.43. The highest BCUT2D eigenvalue weighted by Crippen LogP contribution is 2.14. The van der Waals surface area contributed by atoms with Gasteiger partial charge in [0, 0.05) is 18.0 Å². The van der Waals surface area contributed by atoms with Crippen LogP contribution in [0.5, 0.6) is 0 Å². The summed E-state index contributed by atoms with van der Waals surface area (Å²) in [6, 6.07) is 19.6. The third kappa shape index (κ3) is 4.13. The quantitative estimate of drug-likeness (QED) is 0.569. The van der Waals surface area contributed by atoms with Crippen LogP contribution in [0.15, 0.2) is 82.7 Å². The molecule has 0 aliphatic heterocycles. The van der Waals surface area contributed by atoms with Crippen LogP contribution in [-0.2, 0) is 4.79 Å². The van der Waals surface area contributed by atoms with Crippen LogP contribution >= 0.6 is 0 Å². The van der Waals surface area contributed by atoms with Gasteiger partial charge in [-0.05, 0) is 44.2 Å². The molecule has 0 saturated heterocycles. The maximum absolute atomic E-state index is 12.8. The topological polar surface area (TPSA) is 63.5 Å². The van der Waals surface area contributed by atoms with Crippen LogP contribution in [0.1, 0.15) is 11.1 Å². The molecule has 0 atom stereocenters. The molecule has 1 N–H and O–H groups in total. The first kappa shape index (κ1) is 17.4. The van der Waals surface area contributed by atoms with Crippen molar-refractivity contribution in [1.82, 2.24) is 4.57 Å². The number of aliphatic imine (C=N–C) groups is 1. The molecule has 0 saturated carbocycles. The number of nitrogens with one attached hydrogen (secondary N) is 1.